The van der Waals surface area contributed by atoms with Crippen LogP contribution in [-0.2, 0) is 22.7 Å². The van der Waals surface area contributed by atoms with E-state index >= 15 is 0 Å². The minimum Gasteiger partial charge on any atom is -0.445 e. The second kappa shape index (κ2) is 9.93. The Morgan fingerprint density at radius 3 is 2.32 bits per heavy atom. The van der Waals surface area contributed by atoms with Gasteiger partial charge in [-0.15, -0.1) is 0 Å². The number of benzene rings is 2. The Morgan fingerprint density at radius 1 is 1.04 bits per heavy atom. The third kappa shape index (κ3) is 5.84. The molecule has 0 spiro atoms. The van der Waals surface area contributed by atoms with Gasteiger partial charge in [0.2, 0.25) is 5.91 Å². The number of carbonyl (C=O) groups excluding carboxylic acids is 2. The van der Waals surface area contributed by atoms with E-state index in [9.17, 15) is 9.59 Å². The van der Waals surface area contributed by atoms with Crippen LogP contribution in [0.25, 0.3) is 0 Å². The van der Waals surface area contributed by atoms with Gasteiger partial charge in [-0.3, -0.25) is 4.79 Å². The summed E-state index contributed by atoms with van der Waals surface area (Å²) in [6, 6.07) is 19.6. The first-order valence-corrected chi connectivity index (χ1v) is 9.88. The van der Waals surface area contributed by atoms with E-state index in [0.29, 0.717) is 26.1 Å². The van der Waals surface area contributed by atoms with Crippen LogP contribution in [0.1, 0.15) is 30.9 Å². The zero-order valence-electron chi connectivity index (χ0n) is 16.3. The second-order valence-electron chi connectivity index (χ2n) is 7.48. The van der Waals surface area contributed by atoms with E-state index < -0.39 is 0 Å². The van der Waals surface area contributed by atoms with Gasteiger partial charge in [0.1, 0.15) is 6.61 Å². The van der Waals surface area contributed by atoms with Crippen molar-refractivity contribution in [2.45, 2.75) is 32.9 Å². The number of nitrogens with zero attached hydrogens (tertiary/aromatic N) is 1. The maximum absolute atomic E-state index is 12.3. The summed E-state index contributed by atoms with van der Waals surface area (Å²) in [7, 11) is 0. The first kappa shape index (κ1) is 19.9. The molecular weight excluding hydrogens is 352 g/mol. The minimum absolute atomic E-state index is 0.0702. The lowest BCUT2D eigenvalue weighted by Gasteiger charge is -2.36. The number of hydrogen-bond acceptors (Lipinski definition) is 3. The summed E-state index contributed by atoms with van der Waals surface area (Å²) in [4.78, 5) is 26.4. The van der Waals surface area contributed by atoms with E-state index in [4.69, 9.17) is 4.74 Å². The van der Waals surface area contributed by atoms with Crippen molar-refractivity contribution in [2.75, 3.05) is 13.1 Å². The van der Waals surface area contributed by atoms with Crippen molar-refractivity contribution in [1.29, 1.82) is 0 Å². The van der Waals surface area contributed by atoms with Crippen LogP contribution in [0.2, 0.25) is 0 Å². The molecule has 0 saturated carbocycles. The molecule has 2 aromatic rings. The first-order valence-electron chi connectivity index (χ1n) is 9.88. The highest BCUT2D eigenvalue weighted by Gasteiger charge is 2.30. The predicted octanol–water partition coefficient (Wildman–Crippen LogP) is 3.99. The van der Waals surface area contributed by atoms with Crippen LogP contribution in [0.4, 0.5) is 4.79 Å². The minimum atomic E-state index is -0.275. The van der Waals surface area contributed by atoms with Crippen molar-refractivity contribution in [2.24, 2.45) is 11.8 Å². The molecule has 2 amide bonds. The Bertz CT molecular complexity index is 764. The molecular formula is C23H28N2O3. The van der Waals surface area contributed by atoms with Gasteiger partial charge >= 0.3 is 6.09 Å². The largest absolute Gasteiger partial charge is 0.445 e. The molecule has 1 N–H and O–H groups in total. The molecule has 1 aliphatic rings. The molecule has 2 atom stereocenters. The molecule has 2 aromatic carbocycles. The van der Waals surface area contributed by atoms with E-state index in [1.165, 1.54) is 0 Å². The molecule has 1 fully saturated rings. The van der Waals surface area contributed by atoms with E-state index in [2.05, 4.69) is 12.2 Å². The molecule has 5 nitrogen and oxygen atoms in total. The monoisotopic (exact) mass is 380 g/mol. The van der Waals surface area contributed by atoms with E-state index in [1.54, 1.807) is 4.90 Å². The Hall–Kier alpha value is -2.82. The standard InChI is InChI=1S/C23H28N2O3/c1-18-16-25(23(27)28-17-20-10-6-3-7-11-20)13-12-21(18)14-22(26)24-15-19-8-4-2-5-9-19/h2-11,18,21H,12-17H2,1H3,(H,24,26)/t18-,21+/m1/s1. The first-order chi connectivity index (χ1) is 13.6. The average molecular weight is 380 g/mol. The normalized spacial score (nSPS) is 19.1. The van der Waals surface area contributed by atoms with Crippen LogP contribution in [0.15, 0.2) is 60.7 Å². The highest BCUT2D eigenvalue weighted by atomic mass is 16.6. The number of rotatable bonds is 6. The lowest BCUT2D eigenvalue weighted by Crippen LogP contribution is -2.44. The number of carbonyl (C=O) groups is 2. The SMILES string of the molecule is C[C@@H]1CN(C(=O)OCc2ccccc2)CC[C@H]1CC(=O)NCc1ccccc1. The van der Waals surface area contributed by atoms with Crippen molar-refractivity contribution in [1.82, 2.24) is 10.2 Å². The third-order valence-corrected chi connectivity index (χ3v) is 5.33. The van der Waals surface area contributed by atoms with Crippen LogP contribution in [0.3, 0.4) is 0 Å². The Morgan fingerprint density at radius 2 is 1.68 bits per heavy atom. The van der Waals surface area contributed by atoms with E-state index in [0.717, 1.165) is 17.5 Å². The third-order valence-electron chi connectivity index (χ3n) is 5.33. The maximum Gasteiger partial charge on any atom is 0.410 e. The molecule has 0 unspecified atom stereocenters. The lowest BCUT2D eigenvalue weighted by molar-refractivity contribution is -0.122. The number of hydrogen-bond donors (Lipinski definition) is 1. The van der Waals surface area contributed by atoms with Crippen molar-refractivity contribution < 1.29 is 14.3 Å². The van der Waals surface area contributed by atoms with Crippen molar-refractivity contribution in [3.63, 3.8) is 0 Å². The maximum atomic E-state index is 12.3. The summed E-state index contributed by atoms with van der Waals surface area (Å²) in [6.45, 7) is 4.21. The topological polar surface area (TPSA) is 58.6 Å². The molecule has 1 heterocycles. The summed E-state index contributed by atoms with van der Waals surface area (Å²) in [5.41, 5.74) is 2.08. The molecule has 148 valence electrons. The Kier molecular flexibility index (Phi) is 7.06. The Balaban J connectivity index is 1.40. The van der Waals surface area contributed by atoms with Gasteiger partial charge in [-0.2, -0.15) is 0 Å². The van der Waals surface area contributed by atoms with Gasteiger partial charge in [-0.25, -0.2) is 4.79 Å². The fraction of sp³-hybridized carbons (Fsp3) is 0.391. The smallest absolute Gasteiger partial charge is 0.410 e. The molecule has 5 heteroatoms. The van der Waals surface area contributed by atoms with Crippen LogP contribution in [0, 0.1) is 11.8 Å². The summed E-state index contributed by atoms with van der Waals surface area (Å²) < 4.78 is 5.43. The van der Waals surface area contributed by atoms with Gasteiger partial charge in [-0.1, -0.05) is 67.6 Å². The van der Waals surface area contributed by atoms with Gasteiger partial charge < -0.3 is 15.0 Å². The van der Waals surface area contributed by atoms with Crippen LogP contribution >= 0.6 is 0 Å². The van der Waals surface area contributed by atoms with Gasteiger partial charge in [0.15, 0.2) is 0 Å². The summed E-state index contributed by atoms with van der Waals surface area (Å²) >= 11 is 0. The van der Waals surface area contributed by atoms with E-state index in [1.807, 2.05) is 60.7 Å². The average Bonchev–Trinajstić information content (AvgIpc) is 2.73. The fourth-order valence-electron chi connectivity index (χ4n) is 3.58. The van der Waals surface area contributed by atoms with Crippen molar-refractivity contribution in [3.8, 4) is 0 Å². The van der Waals surface area contributed by atoms with Crippen LogP contribution < -0.4 is 5.32 Å². The number of piperidine rings is 1. The number of nitrogens with one attached hydrogen (secondary N) is 1. The number of ether oxygens (including phenoxy) is 1. The highest BCUT2D eigenvalue weighted by Crippen LogP contribution is 2.26. The zero-order valence-corrected chi connectivity index (χ0v) is 16.3. The molecule has 0 aliphatic carbocycles. The summed E-state index contributed by atoms with van der Waals surface area (Å²) in [5, 5.41) is 3.00. The summed E-state index contributed by atoms with van der Waals surface area (Å²) in [6.07, 6.45) is 1.05. The van der Waals surface area contributed by atoms with E-state index in [-0.39, 0.29) is 30.4 Å². The van der Waals surface area contributed by atoms with Gasteiger partial charge in [0, 0.05) is 26.1 Å². The van der Waals surface area contributed by atoms with Crippen molar-refractivity contribution >= 4 is 12.0 Å². The predicted molar refractivity (Wildman–Crippen MR) is 108 cm³/mol. The number of amides is 2. The van der Waals surface area contributed by atoms with Crippen LogP contribution in [-0.4, -0.2) is 30.0 Å². The molecule has 1 saturated heterocycles. The molecule has 0 radical (unpaired) electrons. The second-order valence-corrected chi connectivity index (χ2v) is 7.48. The molecule has 0 bridgehead atoms. The fourth-order valence-corrected chi connectivity index (χ4v) is 3.58. The summed E-state index contributed by atoms with van der Waals surface area (Å²) in [5.74, 6) is 0.621. The van der Waals surface area contributed by atoms with Gasteiger partial charge in [0.05, 0.1) is 0 Å². The molecule has 1 aliphatic heterocycles. The lowest BCUT2D eigenvalue weighted by atomic mass is 9.84. The quantitative estimate of drug-likeness (QED) is 0.824. The zero-order chi connectivity index (χ0) is 19.8. The Labute approximate surface area is 166 Å². The molecule has 0 aromatic heterocycles. The van der Waals surface area contributed by atoms with Gasteiger partial charge in [-0.05, 0) is 29.4 Å². The van der Waals surface area contributed by atoms with Crippen LogP contribution in [0.5, 0.6) is 0 Å². The number of likely N-dealkylation sites (tertiary alicyclic amines) is 1. The molecule has 28 heavy (non-hydrogen) atoms. The molecule has 3 rings (SSSR count). The van der Waals surface area contributed by atoms with Gasteiger partial charge in [0.25, 0.3) is 0 Å². The highest BCUT2D eigenvalue weighted by molar-refractivity contribution is 5.76. The van der Waals surface area contributed by atoms with Crippen molar-refractivity contribution in [3.05, 3.63) is 71.8 Å².